The molecule has 1 aromatic heterocycles. The minimum atomic E-state index is 0.712. The molecule has 0 saturated carbocycles. The predicted molar refractivity (Wildman–Crippen MR) is 72.8 cm³/mol. The quantitative estimate of drug-likeness (QED) is 0.914. The zero-order chi connectivity index (χ0) is 12.9. The Labute approximate surface area is 112 Å². The van der Waals surface area contributed by atoms with E-state index in [9.17, 15) is 0 Å². The van der Waals surface area contributed by atoms with Gasteiger partial charge in [0.15, 0.2) is 11.5 Å². The van der Waals surface area contributed by atoms with Crippen molar-refractivity contribution in [3.05, 3.63) is 36.7 Å². The van der Waals surface area contributed by atoms with Crippen LogP contribution in [0.3, 0.4) is 0 Å². The fourth-order valence-electron chi connectivity index (χ4n) is 2.02. The molecule has 0 radical (unpaired) electrons. The highest BCUT2D eigenvalue weighted by Crippen LogP contribution is 2.32. The van der Waals surface area contributed by atoms with Crippen LogP contribution >= 0.6 is 0 Å². The van der Waals surface area contributed by atoms with E-state index in [1.165, 1.54) is 0 Å². The van der Waals surface area contributed by atoms with Crippen molar-refractivity contribution in [1.29, 1.82) is 0 Å². The molecule has 19 heavy (non-hydrogen) atoms. The van der Waals surface area contributed by atoms with Crippen molar-refractivity contribution in [2.45, 2.75) is 13.0 Å². The van der Waals surface area contributed by atoms with Crippen LogP contribution in [0.1, 0.15) is 6.42 Å². The minimum Gasteiger partial charge on any atom is -0.490 e. The van der Waals surface area contributed by atoms with E-state index in [2.05, 4.69) is 10.4 Å². The first kappa shape index (κ1) is 11.9. The second-order valence-corrected chi connectivity index (χ2v) is 4.41. The Morgan fingerprint density at radius 2 is 2.11 bits per heavy atom. The third-order valence-corrected chi connectivity index (χ3v) is 2.98. The molecule has 1 aromatic carbocycles. The van der Waals surface area contributed by atoms with Gasteiger partial charge in [-0.2, -0.15) is 5.10 Å². The fraction of sp³-hybridized carbons (Fsp3) is 0.357. The van der Waals surface area contributed by atoms with E-state index in [-0.39, 0.29) is 0 Å². The van der Waals surface area contributed by atoms with Crippen molar-refractivity contribution in [2.75, 3.05) is 25.1 Å². The zero-order valence-corrected chi connectivity index (χ0v) is 10.7. The van der Waals surface area contributed by atoms with Gasteiger partial charge in [0.1, 0.15) is 0 Å². The van der Waals surface area contributed by atoms with Crippen LogP contribution in [0, 0.1) is 0 Å². The molecule has 0 amide bonds. The number of hydrogen-bond acceptors (Lipinski definition) is 4. The molecule has 0 atom stereocenters. The Bertz CT molecular complexity index is 525. The summed E-state index contributed by atoms with van der Waals surface area (Å²) < 4.78 is 13.2. The number of nitrogens with one attached hydrogen (secondary N) is 1. The molecule has 0 saturated heterocycles. The molecule has 3 rings (SSSR count). The van der Waals surface area contributed by atoms with Gasteiger partial charge in [-0.05, 0) is 18.2 Å². The number of benzene rings is 1. The number of ether oxygens (including phenoxy) is 2. The zero-order valence-electron chi connectivity index (χ0n) is 10.7. The van der Waals surface area contributed by atoms with Gasteiger partial charge in [-0.15, -0.1) is 0 Å². The molecule has 0 unspecified atom stereocenters. The van der Waals surface area contributed by atoms with E-state index >= 15 is 0 Å². The van der Waals surface area contributed by atoms with Gasteiger partial charge < -0.3 is 14.8 Å². The summed E-state index contributed by atoms with van der Waals surface area (Å²) in [7, 11) is 0. The van der Waals surface area contributed by atoms with Crippen LogP contribution in [0.4, 0.5) is 5.69 Å². The van der Waals surface area contributed by atoms with Gasteiger partial charge in [-0.1, -0.05) is 0 Å². The van der Waals surface area contributed by atoms with Crippen molar-refractivity contribution in [3.63, 3.8) is 0 Å². The van der Waals surface area contributed by atoms with Gasteiger partial charge in [0.25, 0.3) is 0 Å². The smallest absolute Gasteiger partial charge is 0.163 e. The maximum absolute atomic E-state index is 5.66. The number of nitrogens with zero attached hydrogens (tertiary/aromatic N) is 2. The largest absolute Gasteiger partial charge is 0.490 e. The standard InChI is InChI=1S/C14H17N3O2/c1-5-16-17(7-1)8-6-15-12-3-4-13-14(11-12)19-10-2-9-18-13/h1,3-5,7,11,15H,2,6,8-10H2. The molecule has 0 fully saturated rings. The molecular weight excluding hydrogens is 242 g/mol. The summed E-state index contributed by atoms with van der Waals surface area (Å²) in [5.41, 5.74) is 1.04. The van der Waals surface area contributed by atoms with Gasteiger partial charge >= 0.3 is 0 Å². The highest BCUT2D eigenvalue weighted by molar-refractivity contribution is 5.54. The van der Waals surface area contributed by atoms with Gasteiger partial charge in [0.2, 0.25) is 0 Å². The molecule has 2 aromatic rings. The van der Waals surface area contributed by atoms with Crippen LogP contribution in [0.2, 0.25) is 0 Å². The summed E-state index contributed by atoms with van der Waals surface area (Å²) in [5.74, 6) is 1.65. The third-order valence-electron chi connectivity index (χ3n) is 2.98. The Morgan fingerprint density at radius 1 is 1.21 bits per heavy atom. The van der Waals surface area contributed by atoms with E-state index in [0.717, 1.165) is 43.3 Å². The van der Waals surface area contributed by atoms with E-state index in [4.69, 9.17) is 9.47 Å². The van der Waals surface area contributed by atoms with E-state index < -0.39 is 0 Å². The van der Waals surface area contributed by atoms with Crippen LogP contribution < -0.4 is 14.8 Å². The Kier molecular flexibility index (Phi) is 3.54. The van der Waals surface area contributed by atoms with Crippen LogP contribution in [0.25, 0.3) is 0 Å². The summed E-state index contributed by atoms with van der Waals surface area (Å²) >= 11 is 0. The SMILES string of the molecule is c1cnn(CCNc2ccc3c(c2)OCCCO3)c1. The number of anilines is 1. The van der Waals surface area contributed by atoms with Crippen molar-refractivity contribution in [3.8, 4) is 11.5 Å². The molecule has 0 aliphatic carbocycles. The maximum atomic E-state index is 5.66. The molecule has 0 bridgehead atoms. The molecular formula is C14H17N3O2. The summed E-state index contributed by atoms with van der Waals surface area (Å²) in [4.78, 5) is 0. The van der Waals surface area contributed by atoms with Gasteiger partial charge in [0.05, 0.1) is 19.8 Å². The van der Waals surface area contributed by atoms with Crippen molar-refractivity contribution >= 4 is 5.69 Å². The van der Waals surface area contributed by atoms with Crippen molar-refractivity contribution in [2.24, 2.45) is 0 Å². The molecule has 5 heteroatoms. The number of hydrogen-bond donors (Lipinski definition) is 1. The van der Waals surface area contributed by atoms with Gasteiger partial charge in [-0.3, -0.25) is 4.68 Å². The van der Waals surface area contributed by atoms with Crippen LogP contribution in [0.15, 0.2) is 36.7 Å². The maximum Gasteiger partial charge on any atom is 0.163 e. The fourth-order valence-corrected chi connectivity index (χ4v) is 2.02. The highest BCUT2D eigenvalue weighted by Gasteiger charge is 2.10. The second kappa shape index (κ2) is 5.65. The Hall–Kier alpha value is -2.17. The molecule has 1 aliphatic heterocycles. The summed E-state index contributed by atoms with van der Waals surface area (Å²) in [5, 5.41) is 7.52. The molecule has 100 valence electrons. The van der Waals surface area contributed by atoms with E-state index in [1.54, 1.807) is 6.20 Å². The lowest BCUT2D eigenvalue weighted by Gasteiger charge is -2.11. The normalized spacial score (nSPS) is 13.9. The highest BCUT2D eigenvalue weighted by atomic mass is 16.5. The number of fused-ring (bicyclic) bond motifs is 1. The Morgan fingerprint density at radius 3 is 2.95 bits per heavy atom. The number of aromatic nitrogens is 2. The monoisotopic (exact) mass is 259 g/mol. The van der Waals surface area contributed by atoms with Crippen LogP contribution in [-0.2, 0) is 6.54 Å². The summed E-state index contributed by atoms with van der Waals surface area (Å²) in [6.45, 7) is 3.09. The van der Waals surface area contributed by atoms with Crippen LogP contribution in [0.5, 0.6) is 11.5 Å². The molecule has 1 N–H and O–H groups in total. The molecule has 0 spiro atoms. The summed E-state index contributed by atoms with van der Waals surface area (Å²) in [6, 6.07) is 7.88. The first-order valence-electron chi connectivity index (χ1n) is 6.53. The first-order chi connectivity index (χ1) is 9.42. The Balaban J connectivity index is 1.60. The second-order valence-electron chi connectivity index (χ2n) is 4.41. The third kappa shape index (κ3) is 2.99. The van der Waals surface area contributed by atoms with Crippen molar-refractivity contribution in [1.82, 2.24) is 9.78 Å². The van der Waals surface area contributed by atoms with Gasteiger partial charge in [0, 0.05) is 37.1 Å². The first-order valence-corrected chi connectivity index (χ1v) is 6.53. The van der Waals surface area contributed by atoms with Crippen LogP contribution in [-0.4, -0.2) is 29.5 Å². The van der Waals surface area contributed by atoms with E-state index in [1.807, 2.05) is 35.1 Å². The molecule has 1 aliphatic rings. The lowest BCUT2D eigenvalue weighted by Crippen LogP contribution is -2.10. The predicted octanol–water partition coefficient (Wildman–Crippen LogP) is 2.16. The average Bonchev–Trinajstić information content (AvgIpc) is 2.83. The number of rotatable bonds is 4. The minimum absolute atomic E-state index is 0.712. The molecule has 2 heterocycles. The van der Waals surface area contributed by atoms with E-state index in [0.29, 0.717) is 6.61 Å². The lowest BCUT2D eigenvalue weighted by molar-refractivity contribution is 0.297. The average molecular weight is 259 g/mol. The topological polar surface area (TPSA) is 48.3 Å². The summed E-state index contributed by atoms with van der Waals surface area (Å²) in [6.07, 6.45) is 4.67. The molecule has 5 nitrogen and oxygen atoms in total. The van der Waals surface area contributed by atoms with Gasteiger partial charge in [-0.25, -0.2) is 0 Å². The lowest BCUT2D eigenvalue weighted by atomic mass is 10.2. The van der Waals surface area contributed by atoms with Crippen molar-refractivity contribution < 1.29 is 9.47 Å².